The molecule has 1 atom stereocenters. The molecule has 0 fully saturated rings. The first-order valence-electron chi connectivity index (χ1n) is 5.68. The van der Waals surface area contributed by atoms with E-state index in [9.17, 15) is 9.50 Å². The third-order valence-corrected chi connectivity index (χ3v) is 2.62. The summed E-state index contributed by atoms with van der Waals surface area (Å²) in [7, 11) is 0. The minimum atomic E-state index is -0.338. The molecule has 0 radical (unpaired) electrons. The lowest BCUT2D eigenvalue weighted by Crippen LogP contribution is -2.14. The Bertz CT molecular complexity index is 490. The molecule has 0 amide bonds. The number of halogens is 1. The van der Waals surface area contributed by atoms with Crippen molar-refractivity contribution in [2.24, 2.45) is 0 Å². The molecule has 1 N–H and O–H groups in total. The van der Waals surface area contributed by atoms with Crippen LogP contribution >= 0.6 is 0 Å². The summed E-state index contributed by atoms with van der Waals surface area (Å²) in [5.74, 6) is -0.0475. The molecule has 2 aromatic rings. The Balaban J connectivity index is 2.00. The Morgan fingerprint density at radius 1 is 1.28 bits per heavy atom. The van der Waals surface area contributed by atoms with Crippen LogP contribution in [0.2, 0.25) is 0 Å². The van der Waals surface area contributed by atoms with Crippen molar-refractivity contribution in [1.82, 2.24) is 4.98 Å². The zero-order chi connectivity index (χ0) is 12.8. The van der Waals surface area contributed by atoms with Crippen LogP contribution in [0, 0.1) is 5.82 Å². The van der Waals surface area contributed by atoms with Crippen LogP contribution in [0.25, 0.3) is 0 Å². The van der Waals surface area contributed by atoms with Crippen LogP contribution in [0.5, 0.6) is 5.75 Å². The third-order valence-electron chi connectivity index (χ3n) is 2.62. The Morgan fingerprint density at radius 3 is 2.83 bits per heavy atom. The van der Waals surface area contributed by atoms with Crippen LogP contribution in [-0.4, -0.2) is 23.3 Å². The van der Waals surface area contributed by atoms with E-state index in [4.69, 9.17) is 4.74 Å². The van der Waals surface area contributed by atoms with Crippen molar-refractivity contribution < 1.29 is 14.2 Å². The van der Waals surface area contributed by atoms with Gasteiger partial charge >= 0.3 is 0 Å². The van der Waals surface area contributed by atoms with Crippen molar-refractivity contribution in [1.29, 1.82) is 0 Å². The first-order chi connectivity index (χ1) is 8.79. The number of rotatable bonds is 5. The number of aliphatic hydroxyl groups excluding tert-OH is 1. The Kier molecular flexibility index (Phi) is 4.25. The highest BCUT2D eigenvalue weighted by Gasteiger charge is 2.11. The fourth-order valence-electron chi connectivity index (χ4n) is 1.63. The van der Waals surface area contributed by atoms with E-state index in [2.05, 4.69) is 4.98 Å². The minimum absolute atomic E-state index is 0.0407. The van der Waals surface area contributed by atoms with E-state index >= 15 is 0 Å². The lowest BCUT2D eigenvalue weighted by atomic mass is 10.0. The van der Waals surface area contributed by atoms with Gasteiger partial charge in [0.1, 0.15) is 11.6 Å². The minimum Gasteiger partial charge on any atom is -0.493 e. The molecule has 18 heavy (non-hydrogen) atoms. The standard InChI is InChI=1S/C14H14FNO2/c15-13-4-1-5-14(7-13)18-10-12(9-17)11-3-2-6-16-8-11/h1-8,12,17H,9-10H2. The van der Waals surface area contributed by atoms with E-state index < -0.39 is 0 Å². The molecule has 0 aliphatic rings. The average molecular weight is 247 g/mol. The Labute approximate surface area is 105 Å². The maximum absolute atomic E-state index is 13.0. The van der Waals surface area contributed by atoms with Crippen molar-refractivity contribution in [3.8, 4) is 5.75 Å². The lowest BCUT2D eigenvalue weighted by Gasteiger charge is -2.15. The van der Waals surface area contributed by atoms with Gasteiger partial charge in [0.2, 0.25) is 0 Å². The first-order valence-corrected chi connectivity index (χ1v) is 5.68. The van der Waals surface area contributed by atoms with Crippen molar-refractivity contribution in [3.63, 3.8) is 0 Å². The van der Waals surface area contributed by atoms with E-state index in [1.165, 1.54) is 12.1 Å². The van der Waals surface area contributed by atoms with E-state index in [0.29, 0.717) is 5.75 Å². The molecular formula is C14H14FNO2. The molecule has 0 saturated heterocycles. The van der Waals surface area contributed by atoms with Crippen molar-refractivity contribution in [2.45, 2.75) is 5.92 Å². The number of pyridine rings is 1. The maximum Gasteiger partial charge on any atom is 0.126 e. The van der Waals surface area contributed by atoms with Gasteiger partial charge in [0.05, 0.1) is 13.2 Å². The number of hydrogen-bond acceptors (Lipinski definition) is 3. The molecule has 0 saturated carbocycles. The molecule has 2 rings (SSSR count). The van der Waals surface area contributed by atoms with Crippen LogP contribution in [0.15, 0.2) is 48.8 Å². The van der Waals surface area contributed by atoms with Crippen molar-refractivity contribution in [3.05, 3.63) is 60.2 Å². The number of ether oxygens (including phenoxy) is 1. The summed E-state index contributed by atoms with van der Waals surface area (Å²) in [6.07, 6.45) is 3.36. The Hall–Kier alpha value is -1.94. The van der Waals surface area contributed by atoms with Gasteiger partial charge in [-0.3, -0.25) is 4.98 Å². The fourth-order valence-corrected chi connectivity index (χ4v) is 1.63. The fraction of sp³-hybridized carbons (Fsp3) is 0.214. The molecule has 0 spiro atoms. The molecule has 0 aliphatic heterocycles. The summed E-state index contributed by atoms with van der Waals surface area (Å²) in [4.78, 5) is 4.00. The summed E-state index contributed by atoms with van der Waals surface area (Å²) in [6, 6.07) is 9.63. The molecule has 1 aromatic heterocycles. The van der Waals surface area contributed by atoms with Gasteiger partial charge in [0.15, 0.2) is 0 Å². The maximum atomic E-state index is 13.0. The highest BCUT2D eigenvalue weighted by atomic mass is 19.1. The van der Waals surface area contributed by atoms with Gasteiger partial charge in [-0.25, -0.2) is 4.39 Å². The second-order valence-electron chi connectivity index (χ2n) is 3.93. The van der Waals surface area contributed by atoms with Crippen molar-refractivity contribution >= 4 is 0 Å². The van der Waals surface area contributed by atoms with Gasteiger partial charge in [-0.2, -0.15) is 0 Å². The molecule has 0 aliphatic carbocycles. The van der Waals surface area contributed by atoms with E-state index in [0.717, 1.165) is 5.56 Å². The highest BCUT2D eigenvalue weighted by molar-refractivity contribution is 5.23. The van der Waals surface area contributed by atoms with Crippen molar-refractivity contribution in [2.75, 3.05) is 13.2 Å². The molecule has 4 heteroatoms. The van der Waals surface area contributed by atoms with Gasteiger partial charge in [-0.1, -0.05) is 12.1 Å². The largest absolute Gasteiger partial charge is 0.493 e. The number of hydrogen-bond donors (Lipinski definition) is 1. The summed E-state index contributed by atoms with van der Waals surface area (Å²) in [6.45, 7) is 0.243. The molecule has 1 aromatic carbocycles. The smallest absolute Gasteiger partial charge is 0.126 e. The highest BCUT2D eigenvalue weighted by Crippen LogP contribution is 2.18. The summed E-state index contributed by atoms with van der Waals surface area (Å²) >= 11 is 0. The number of benzene rings is 1. The monoisotopic (exact) mass is 247 g/mol. The van der Waals surface area contributed by atoms with Gasteiger partial charge in [0, 0.05) is 24.4 Å². The van der Waals surface area contributed by atoms with Gasteiger partial charge in [0.25, 0.3) is 0 Å². The molecule has 94 valence electrons. The molecule has 1 heterocycles. The van der Waals surface area contributed by atoms with E-state index in [-0.39, 0.29) is 24.9 Å². The zero-order valence-corrected chi connectivity index (χ0v) is 9.79. The molecular weight excluding hydrogens is 233 g/mol. The molecule has 3 nitrogen and oxygen atoms in total. The zero-order valence-electron chi connectivity index (χ0n) is 9.79. The summed E-state index contributed by atoms with van der Waals surface area (Å²) < 4.78 is 18.4. The number of aromatic nitrogens is 1. The summed E-state index contributed by atoms with van der Waals surface area (Å²) in [5, 5.41) is 9.33. The predicted molar refractivity (Wildman–Crippen MR) is 66.0 cm³/mol. The van der Waals surface area contributed by atoms with Crippen LogP contribution in [-0.2, 0) is 0 Å². The molecule has 0 bridgehead atoms. The lowest BCUT2D eigenvalue weighted by molar-refractivity contribution is 0.204. The van der Waals surface area contributed by atoms with Crippen LogP contribution in [0.1, 0.15) is 11.5 Å². The third kappa shape index (κ3) is 3.28. The second kappa shape index (κ2) is 6.12. The summed E-state index contributed by atoms with van der Waals surface area (Å²) in [5.41, 5.74) is 0.899. The van der Waals surface area contributed by atoms with Gasteiger partial charge in [-0.15, -0.1) is 0 Å². The number of aliphatic hydroxyl groups is 1. The second-order valence-corrected chi connectivity index (χ2v) is 3.93. The Morgan fingerprint density at radius 2 is 2.17 bits per heavy atom. The average Bonchev–Trinajstić information content (AvgIpc) is 2.41. The predicted octanol–water partition coefficient (Wildman–Crippen LogP) is 2.38. The molecule has 1 unspecified atom stereocenters. The van der Waals surface area contributed by atoms with E-state index in [1.54, 1.807) is 30.6 Å². The SMILES string of the molecule is OCC(COc1cccc(F)c1)c1cccnc1. The van der Waals surface area contributed by atoms with Crippen LogP contribution < -0.4 is 4.74 Å². The quantitative estimate of drug-likeness (QED) is 0.882. The first kappa shape index (κ1) is 12.5. The normalized spacial score (nSPS) is 12.1. The van der Waals surface area contributed by atoms with E-state index in [1.807, 2.05) is 6.07 Å². The van der Waals surface area contributed by atoms with Gasteiger partial charge in [-0.05, 0) is 23.8 Å². The van der Waals surface area contributed by atoms with Crippen LogP contribution in [0.4, 0.5) is 4.39 Å². The van der Waals surface area contributed by atoms with Crippen LogP contribution in [0.3, 0.4) is 0 Å². The topological polar surface area (TPSA) is 42.4 Å². The van der Waals surface area contributed by atoms with Gasteiger partial charge < -0.3 is 9.84 Å². The number of nitrogens with zero attached hydrogens (tertiary/aromatic N) is 1.